The molecule has 104 valence electrons. The van der Waals surface area contributed by atoms with E-state index in [9.17, 15) is 0 Å². The summed E-state index contributed by atoms with van der Waals surface area (Å²) in [6, 6.07) is 7.91. The first-order valence-corrected chi connectivity index (χ1v) is 6.28. The molecule has 0 saturated carbocycles. The molecule has 0 bridgehead atoms. The lowest BCUT2D eigenvalue weighted by atomic mass is 10.0. The maximum atomic E-state index is 5.42. The smallest absolute Gasteiger partial charge is 0.220 e. The van der Waals surface area contributed by atoms with E-state index in [0.717, 1.165) is 17.5 Å². The van der Waals surface area contributed by atoms with Crippen molar-refractivity contribution in [1.29, 1.82) is 0 Å². The lowest BCUT2D eigenvalue weighted by molar-refractivity contribution is -0.294. The summed E-state index contributed by atoms with van der Waals surface area (Å²) < 4.78 is 10.8. The Hall–Kier alpha value is -1.02. The van der Waals surface area contributed by atoms with E-state index in [2.05, 4.69) is 0 Å². The fraction of sp³-hybridized carbons (Fsp3) is 0.538. The van der Waals surface area contributed by atoms with Gasteiger partial charge in [0.15, 0.2) is 19.4 Å². The van der Waals surface area contributed by atoms with Crippen LogP contribution in [0.4, 0.5) is 0 Å². The van der Waals surface area contributed by atoms with Crippen molar-refractivity contribution in [3.63, 3.8) is 0 Å². The molecule has 3 atom stereocenters. The average Bonchev–Trinajstić information content (AvgIpc) is 3.08. The Morgan fingerprint density at radius 3 is 2.79 bits per heavy atom. The van der Waals surface area contributed by atoms with Crippen LogP contribution in [0.1, 0.15) is 30.8 Å². The first-order chi connectivity index (χ1) is 9.33. The topological polar surface area (TPSA) is 55.4 Å². The van der Waals surface area contributed by atoms with Crippen LogP contribution in [0.25, 0.3) is 0 Å². The van der Waals surface area contributed by atoms with Gasteiger partial charge in [0.25, 0.3) is 0 Å². The lowest BCUT2D eigenvalue weighted by Gasteiger charge is -2.13. The maximum Gasteiger partial charge on any atom is 0.220 e. The van der Waals surface area contributed by atoms with E-state index in [1.54, 1.807) is 6.92 Å². The summed E-state index contributed by atoms with van der Waals surface area (Å²) in [4.78, 5) is 19.8. The van der Waals surface area contributed by atoms with E-state index in [0.29, 0.717) is 6.42 Å². The van der Waals surface area contributed by atoms with E-state index in [1.165, 1.54) is 0 Å². The van der Waals surface area contributed by atoms with Crippen molar-refractivity contribution in [3.8, 4) is 0 Å². The summed E-state index contributed by atoms with van der Waals surface area (Å²) in [5, 5.41) is 0. The van der Waals surface area contributed by atoms with Gasteiger partial charge < -0.3 is 9.47 Å². The van der Waals surface area contributed by atoms with E-state index in [4.69, 9.17) is 29.0 Å². The molecule has 0 spiro atoms. The Labute approximate surface area is 111 Å². The molecular formula is C13H16O6. The Kier molecular flexibility index (Phi) is 4.07. The highest BCUT2D eigenvalue weighted by Crippen LogP contribution is 2.28. The van der Waals surface area contributed by atoms with Gasteiger partial charge in [-0.25, -0.2) is 14.7 Å². The molecule has 2 aliphatic heterocycles. The first-order valence-electron chi connectivity index (χ1n) is 6.28. The van der Waals surface area contributed by atoms with Crippen molar-refractivity contribution < 1.29 is 29.0 Å². The van der Waals surface area contributed by atoms with Gasteiger partial charge in [0, 0.05) is 12.0 Å². The van der Waals surface area contributed by atoms with E-state index in [-0.39, 0.29) is 19.4 Å². The molecule has 2 fully saturated rings. The predicted octanol–water partition coefficient (Wildman–Crippen LogP) is 2.20. The molecule has 3 rings (SSSR count). The summed E-state index contributed by atoms with van der Waals surface area (Å²) >= 11 is 0. The molecule has 2 aliphatic rings. The number of ether oxygens (including phenoxy) is 2. The first kappa shape index (κ1) is 13.0. The van der Waals surface area contributed by atoms with Crippen LogP contribution in [-0.2, 0) is 35.4 Å². The van der Waals surface area contributed by atoms with Crippen molar-refractivity contribution in [2.24, 2.45) is 0 Å². The van der Waals surface area contributed by atoms with Crippen LogP contribution in [0.15, 0.2) is 24.3 Å². The lowest BCUT2D eigenvalue weighted by Crippen LogP contribution is -2.12. The molecule has 0 aliphatic carbocycles. The Balaban J connectivity index is 1.63. The van der Waals surface area contributed by atoms with Gasteiger partial charge in [-0.2, -0.15) is 4.89 Å². The fourth-order valence-electron chi connectivity index (χ4n) is 2.13. The third kappa shape index (κ3) is 3.11. The predicted molar refractivity (Wildman–Crippen MR) is 62.1 cm³/mol. The second kappa shape index (κ2) is 5.96. The van der Waals surface area contributed by atoms with E-state index in [1.807, 2.05) is 24.3 Å². The second-order valence-electron chi connectivity index (χ2n) is 4.39. The maximum absolute atomic E-state index is 5.42. The zero-order valence-electron chi connectivity index (χ0n) is 10.6. The minimum atomic E-state index is -0.461. The molecule has 2 heterocycles. The summed E-state index contributed by atoms with van der Waals surface area (Å²) in [6.07, 6.45) is 0.381. The van der Waals surface area contributed by atoms with Crippen LogP contribution < -0.4 is 0 Å². The minimum Gasteiger partial charge on any atom is -0.318 e. The quantitative estimate of drug-likeness (QED) is 0.780. The number of hydrogen-bond donors (Lipinski definition) is 0. The highest BCUT2D eigenvalue weighted by Gasteiger charge is 2.26. The molecular weight excluding hydrogens is 252 g/mol. The van der Waals surface area contributed by atoms with Crippen LogP contribution >= 0.6 is 0 Å². The van der Waals surface area contributed by atoms with Gasteiger partial charge in [-0.15, -0.1) is 0 Å². The Morgan fingerprint density at radius 1 is 1.16 bits per heavy atom. The third-order valence-electron chi connectivity index (χ3n) is 3.02. The number of aryl methyl sites for hydroxylation is 1. The van der Waals surface area contributed by atoms with Crippen molar-refractivity contribution in [2.45, 2.75) is 38.6 Å². The van der Waals surface area contributed by atoms with Crippen molar-refractivity contribution in [2.75, 3.05) is 6.79 Å². The second-order valence-corrected chi connectivity index (χ2v) is 4.39. The van der Waals surface area contributed by atoms with Gasteiger partial charge in [-0.3, -0.25) is 0 Å². The number of rotatable bonds is 4. The zero-order chi connectivity index (χ0) is 13.1. The molecule has 6 heteroatoms. The largest absolute Gasteiger partial charge is 0.318 e. The van der Waals surface area contributed by atoms with Crippen molar-refractivity contribution in [3.05, 3.63) is 35.4 Å². The molecule has 3 unspecified atom stereocenters. The monoisotopic (exact) mass is 268 g/mol. The molecule has 2 saturated heterocycles. The molecule has 0 N–H and O–H groups in total. The molecule has 0 amide bonds. The summed E-state index contributed by atoms with van der Waals surface area (Å²) in [5.74, 6) is 0. The summed E-state index contributed by atoms with van der Waals surface area (Å²) in [6.45, 7) is 1.95. The number of benzene rings is 1. The Morgan fingerprint density at radius 2 is 2.05 bits per heavy atom. The molecule has 19 heavy (non-hydrogen) atoms. The van der Waals surface area contributed by atoms with Gasteiger partial charge in [0.2, 0.25) is 6.29 Å². The highest BCUT2D eigenvalue weighted by molar-refractivity contribution is 5.28. The molecule has 0 radical (unpaired) electrons. The van der Waals surface area contributed by atoms with Crippen LogP contribution in [0.5, 0.6) is 0 Å². The average molecular weight is 268 g/mol. The minimum absolute atomic E-state index is 0.152. The van der Waals surface area contributed by atoms with E-state index < -0.39 is 6.29 Å². The van der Waals surface area contributed by atoms with Crippen LogP contribution in [-0.4, -0.2) is 19.4 Å². The SMILES string of the molecule is CC1OOC(CCc2ccccc2C2OCOO2)O1. The van der Waals surface area contributed by atoms with Crippen LogP contribution in [0.3, 0.4) is 0 Å². The fourth-order valence-corrected chi connectivity index (χ4v) is 2.13. The van der Waals surface area contributed by atoms with Crippen LogP contribution in [0, 0.1) is 0 Å². The standard InChI is InChI=1S/C13H16O6/c1-9-16-12(18-17-9)7-6-10-4-2-3-5-11(10)13-14-8-15-19-13/h2-5,9,12-13H,6-8H2,1H3. The van der Waals surface area contributed by atoms with Gasteiger partial charge in [-0.1, -0.05) is 24.3 Å². The normalized spacial score (nSPS) is 30.9. The van der Waals surface area contributed by atoms with Gasteiger partial charge in [0.1, 0.15) is 0 Å². The van der Waals surface area contributed by atoms with Gasteiger partial charge in [-0.05, 0) is 18.9 Å². The van der Waals surface area contributed by atoms with Gasteiger partial charge in [0.05, 0.1) is 0 Å². The summed E-state index contributed by atoms with van der Waals surface area (Å²) in [7, 11) is 0. The Bertz CT molecular complexity index is 417. The number of hydrogen-bond acceptors (Lipinski definition) is 6. The van der Waals surface area contributed by atoms with Gasteiger partial charge >= 0.3 is 0 Å². The zero-order valence-corrected chi connectivity index (χ0v) is 10.6. The molecule has 1 aromatic rings. The molecule has 6 nitrogen and oxygen atoms in total. The third-order valence-corrected chi connectivity index (χ3v) is 3.02. The van der Waals surface area contributed by atoms with E-state index >= 15 is 0 Å². The van der Waals surface area contributed by atoms with Crippen molar-refractivity contribution in [1.82, 2.24) is 0 Å². The van der Waals surface area contributed by atoms with Crippen molar-refractivity contribution >= 4 is 0 Å². The molecule has 1 aromatic carbocycles. The van der Waals surface area contributed by atoms with Crippen LogP contribution in [0.2, 0.25) is 0 Å². The molecule has 0 aromatic heterocycles. The highest BCUT2D eigenvalue weighted by atomic mass is 17.3. The summed E-state index contributed by atoms with van der Waals surface area (Å²) in [5.41, 5.74) is 2.08.